The van der Waals surface area contributed by atoms with Crippen LogP contribution in [0.1, 0.15) is 40.0 Å². The number of rotatable bonds is 3. The molecule has 4 rings (SSSR count). The fraction of sp³-hybridized carbons (Fsp3) is 0.261. The highest BCUT2D eigenvalue weighted by molar-refractivity contribution is 6.08. The summed E-state index contributed by atoms with van der Waals surface area (Å²) in [6.45, 7) is 2.18. The van der Waals surface area contributed by atoms with E-state index in [1.165, 1.54) is 22.9 Å². The molecule has 0 spiro atoms. The maximum absolute atomic E-state index is 13.6. The third kappa shape index (κ3) is 3.62. The molecule has 0 amide bonds. The largest absolute Gasteiger partial charge is 0.465 e. The number of ether oxygens (including phenoxy) is 1. The Morgan fingerprint density at radius 2 is 1.84 bits per heavy atom. The van der Waals surface area contributed by atoms with Crippen molar-refractivity contribution in [1.29, 1.82) is 0 Å². The van der Waals surface area contributed by atoms with Gasteiger partial charge in [-0.05, 0) is 37.1 Å². The summed E-state index contributed by atoms with van der Waals surface area (Å²) in [6, 6.07) is 11.6. The summed E-state index contributed by atoms with van der Waals surface area (Å²) in [4.78, 5) is 30.5. The van der Waals surface area contributed by atoms with Crippen LogP contribution in [-0.4, -0.2) is 35.8 Å². The molecule has 1 aliphatic heterocycles. The Kier molecular flexibility index (Phi) is 5.39. The highest BCUT2D eigenvalue weighted by Crippen LogP contribution is 2.37. The summed E-state index contributed by atoms with van der Waals surface area (Å²) < 4.78 is 47.2. The second-order valence-corrected chi connectivity index (χ2v) is 7.10. The summed E-state index contributed by atoms with van der Waals surface area (Å²) >= 11 is 0. The van der Waals surface area contributed by atoms with Crippen molar-refractivity contribution in [3.8, 4) is 0 Å². The molecule has 5 nitrogen and oxygen atoms in total. The lowest BCUT2D eigenvalue weighted by Gasteiger charge is -2.18. The molecule has 160 valence electrons. The first-order valence-electron chi connectivity index (χ1n) is 9.84. The number of aromatic nitrogens is 1. The maximum atomic E-state index is 13.6. The molecule has 0 radical (unpaired) electrons. The molecular formula is C23H19F3N2O3. The zero-order valence-electron chi connectivity index (χ0n) is 16.6. The van der Waals surface area contributed by atoms with E-state index in [9.17, 15) is 22.8 Å². The van der Waals surface area contributed by atoms with E-state index in [0.717, 1.165) is 12.1 Å². The van der Waals surface area contributed by atoms with E-state index in [4.69, 9.17) is 4.74 Å². The minimum absolute atomic E-state index is 0.129. The van der Waals surface area contributed by atoms with Crippen LogP contribution in [0.15, 0.2) is 53.5 Å². The van der Waals surface area contributed by atoms with Gasteiger partial charge in [0.15, 0.2) is 0 Å². The predicted octanol–water partition coefficient (Wildman–Crippen LogP) is 4.62. The number of aliphatic imine (C=N–C) groups is 1. The SMILES string of the molecule is CCOC(=O)C1C=NCCc2c1n(C(=O)c1ccccc1C(F)(F)F)c1ccccc21. The molecular weight excluding hydrogens is 409 g/mol. The van der Waals surface area contributed by atoms with Crippen LogP contribution < -0.4 is 0 Å². The van der Waals surface area contributed by atoms with E-state index in [2.05, 4.69) is 4.99 Å². The standard InChI is InChI=1S/C23H19F3N2O3/c1-2-31-22(30)17-13-27-12-11-15-14-7-4-6-10-19(14)28(20(15)17)21(29)16-8-3-5-9-18(16)23(24,25)26/h3-10,13,17H,2,11-12H2,1H3. The van der Waals surface area contributed by atoms with E-state index in [1.807, 2.05) is 0 Å². The number of carbonyl (C=O) groups excluding carboxylic acids is 2. The van der Waals surface area contributed by atoms with Crippen molar-refractivity contribution >= 4 is 29.0 Å². The van der Waals surface area contributed by atoms with Gasteiger partial charge in [-0.15, -0.1) is 0 Å². The fourth-order valence-corrected chi connectivity index (χ4v) is 4.00. The summed E-state index contributed by atoms with van der Waals surface area (Å²) in [6.07, 6.45) is -2.83. The van der Waals surface area contributed by atoms with Crippen molar-refractivity contribution < 1.29 is 27.5 Å². The average Bonchev–Trinajstić information content (AvgIpc) is 2.90. The Balaban J connectivity index is 2.01. The van der Waals surface area contributed by atoms with Crippen molar-refractivity contribution in [3.63, 3.8) is 0 Å². The van der Waals surface area contributed by atoms with Crippen LogP contribution in [0.3, 0.4) is 0 Å². The smallest absolute Gasteiger partial charge is 0.417 e. The molecule has 1 unspecified atom stereocenters. The molecule has 1 aliphatic rings. The van der Waals surface area contributed by atoms with Gasteiger partial charge in [-0.2, -0.15) is 13.2 Å². The molecule has 8 heteroatoms. The second kappa shape index (κ2) is 8.02. The molecule has 2 aromatic carbocycles. The molecule has 0 saturated carbocycles. The minimum Gasteiger partial charge on any atom is -0.465 e. The van der Waals surface area contributed by atoms with E-state index in [-0.39, 0.29) is 6.61 Å². The zero-order chi connectivity index (χ0) is 22.2. The van der Waals surface area contributed by atoms with E-state index in [0.29, 0.717) is 35.1 Å². The molecule has 1 aromatic heterocycles. The van der Waals surface area contributed by atoms with Crippen LogP contribution in [0.25, 0.3) is 10.9 Å². The first-order chi connectivity index (χ1) is 14.8. The number of para-hydroxylation sites is 1. The Hall–Kier alpha value is -3.42. The maximum Gasteiger partial charge on any atom is 0.417 e. The van der Waals surface area contributed by atoms with Gasteiger partial charge in [0.1, 0.15) is 5.92 Å². The number of esters is 1. The fourth-order valence-electron chi connectivity index (χ4n) is 4.00. The van der Waals surface area contributed by atoms with Crippen molar-refractivity contribution in [2.75, 3.05) is 13.2 Å². The summed E-state index contributed by atoms with van der Waals surface area (Å²) in [5.41, 5.74) is -0.0465. The molecule has 0 fully saturated rings. The van der Waals surface area contributed by atoms with Crippen molar-refractivity contribution in [2.45, 2.75) is 25.4 Å². The van der Waals surface area contributed by atoms with Gasteiger partial charge in [-0.3, -0.25) is 19.1 Å². The van der Waals surface area contributed by atoms with Gasteiger partial charge in [-0.25, -0.2) is 0 Å². The van der Waals surface area contributed by atoms with Crippen LogP contribution in [0.2, 0.25) is 0 Å². The lowest BCUT2D eigenvalue weighted by Crippen LogP contribution is -2.25. The molecule has 3 aromatic rings. The number of nitrogens with zero attached hydrogens (tertiary/aromatic N) is 2. The van der Waals surface area contributed by atoms with Crippen molar-refractivity contribution in [3.05, 3.63) is 70.9 Å². The van der Waals surface area contributed by atoms with Gasteiger partial charge in [0.2, 0.25) is 0 Å². The van der Waals surface area contributed by atoms with E-state index < -0.39 is 35.1 Å². The number of hydrogen-bond donors (Lipinski definition) is 0. The van der Waals surface area contributed by atoms with Gasteiger partial charge in [0.05, 0.1) is 23.3 Å². The molecule has 0 bridgehead atoms. The first kappa shape index (κ1) is 20.8. The Morgan fingerprint density at radius 3 is 2.58 bits per heavy atom. The van der Waals surface area contributed by atoms with E-state index >= 15 is 0 Å². The number of fused-ring (bicyclic) bond motifs is 3. The highest BCUT2D eigenvalue weighted by Gasteiger charge is 2.38. The quantitative estimate of drug-likeness (QED) is 0.572. The van der Waals surface area contributed by atoms with Crippen LogP contribution in [0, 0.1) is 0 Å². The van der Waals surface area contributed by atoms with Gasteiger partial charge < -0.3 is 4.74 Å². The lowest BCUT2D eigenvalue weighted by molar-refractivity contribution is -0.143. The Bertz CT molecular complexity index is 1190. The van der Waals surface area contributed by atoms with Gasteiger partial charge in [0, 0.05) is 23.8 Å². The predicted molar refractivity (Wildman–Crippen MR) is 110 cm³/mol. The third-order valence-electron chi connectivity index (χ3n) is 5.27. The normalized spacial score (nSPS) is 16.1. The first-order valence-corrected chi connectivity index (χ1v) is 9.84. The molecule has 2 heterocycles. The van der Waals surface area contributed by atoms with Crippen LogP contribution in [0.4, 0.5) is 13.2 Å². The number of benzene rings is 2. The highest BCUT2D eigenvalue weighted by atomic mass is 19.4. The molecule has 0 N–H and O–H groups in total. The Morgan fingerprint density at radius 1 is 1.13 bits per heavy atom. The molecule has 0 aliphatic carbocycles. The van der Waals surface area contributed by atoms with E-state index in [1.54, 1.807) is 31.2 Å². The number of alkyl halides is 3. The Labute approximate surface area is 176 Å². The molecule has 0 saturated heterocycles. The minimum atomic E-state index is -4.70. The molecule has 1 atom stereocenters. The lowest BCUT2D eigenvalue weighted by atomic mass is 9.99. The second-order valence-electron chi connectivity index (χ2n) is 7.10. The topological polar surface area (TPSA) is 60.7 Å². The number of hydrogen-bond acceptors (Lipinski definition) is 4. The molecule has 31 heavy (non-hydrogen) atoms. The summed E-state index contributed by atoms with van der Waals surface area (Å²) in [5.74, 6) is -2.45. The van der Waals surface area contributed by atoms with Crippen LogP contribution in [0.5, 0.6) is 0 Å². The van der Waals surface area contributed by atoms with Crippen LogP contribution >= 0.6 is 0 Å². The zero-order valence-corrected chi connectivity index (χ0v) is 16.6. The van der Waals surface area contributed by atoms with Crippen LogP contribution in [-0.2, 0) is 22.1 Å². The average molecular weight is 428 g/mol. The van der Waals surface area contributed by atoms with Gasteiger partial charge in [0.25, 0.3) is 5.91 Å². The van der Waals surface area contributed by atoms with Gasteiger partial charge in [-0.1, -0.05) is 30.3 Å². The van der Waals surface area contributed by atoms with Gasteiger partial charge >= 0.3 is 12.1 Å². The van der Waals surface area contributed by atoms with Crippen molar-refractivity contribution in [2.24, 2.45) is 4.99 Å². The summed E-state index contributed by atoms with van der Waals surface area (Å²) in [7, 11) is 0. The number of carbonyl (C=O) groups is 2. The third-order valence-corrected chi connectivity index (χ3v) is 5.27. The summed E-state index contributed by atoms with van der Waals surface area (Å²) in [5, 5.41) is 0.704. The monoisotopic (exact) mass is 428 g/mol. The number of halogens is 3. The van der Waals surface area contributed by atoms with Crippen molar-refractivity contribution in [1.82, 2.24) is 4.57 Å².